The lowest BCUT2D eigenvalue weighted by atomic mass is 10.1. The van der Waals surface area contributed by atoms with Crippen molar-refractivity contribution >= 4 is 35.8 Å². The van der Waals surface area contributed by atoms with Gasteiger partial charge in [0.05, 0.1) is 12.2 Å². The van der Waals surface area contributed by atoms with Crippen molar-refractivity contribution in [3.8, 4) is 0 Å². The van der Waals surface area contributed by atoms with Gasteiger partial charge in [0.25, 0.3) is 5.91 Å². The Bertz CT molecular complexity index is 687. The number of thioether (sulfide) groups is 1. The van der Waals surface area contributed by atoms with Gasteiger partial charge in [0, 0.05) is 11.4 Å². The number of nitrogens with one attached hydrogen (secondary N) is 2. The van der Waals surface area contributed by atoms with Crippen LogP contribution in [0.1, 0.15) is 41.9 Å². The lowest BCUT2D eigenvalue weighted by Gasteiger charge is -2.22. The zero-order valence-electron chi connectivity index (χ0n) is 14.3. The van der Waals surface area contributed by atoms with Crippen LogP contribution < -0.4 is 10.6 Å². The molecule has 0 bridgehead atoms. The highest BCUT2D eigenvalue weighted by atomic mass is 35.5. The standard InChI is InChI=1S/C17H23N5OS.ClH/c1-2-24-12-13-4-3-5-14(10-13)19-17(23)16-11-22(21-20-16)15-6-8-18-9-7-15;/h3-5,10-11,15,18H,2,6-9,12H2,1H3,(H,19,23);1H. The molecule has 1 aliphatic heterocycles. The van der Waals surface area contributed by atoms with E-state index in [1.54, 1.807) is 6.20 Å². The van der Waals surface area contributed by atoms with Crippen LogP contribution in [0.15, 0.2) is 30.5 Å². The molecule has 8 heteroatoms. The molecule has 1 aliphatic rings. The number of carbonyl (C=O) groups is 1. The first-order valence-corrected chi connectivity index (χ1v) is 9.52. The predicted molar refractivity (Wildman–Crippen MR) is 105 cm³/mol. The summed E-state index contributed by atoms with van der Waals surface area (Å²) < 4.78 is 1.82. The number of hydrogen-bond acceptors (Lipinski definition) is 5. The summed E-state index contributed by atoms with van der Waals surface area (Å²) in [6.07, 6.45) is 3.78. The highest BCUT2D eigenvalue weighted by Gasteiger charge is 2.18. The van der Waals surface area contributed by atoms with Crippen LogP contribution in [-0.2, 0) is 5.75 Å². The Hall–Kier alpha value is -1.57. The first-order chi connectivity index (χ1) is 11.8. The first kappa shape index (κ1) is 19.8. The third-order valence-electron chi connectivity index (χ3n) is 4.08. The number of rotatable bonds is 6. The molecule has 2 N–H and O–H groups in total. The fourth-order valence-electron chi connectivity index (χ4n) is 2.78. The summed E-state index contributed by atoms with van der Waals surface area (Å²) in [4.78, 5) is 12.4. The SMILES string of the molecule is CCSCc1cccc(NC(=O)c2cn(C3CCNCC3)nn2)c1.Cl. The Labute approximate surface area is 158 Å². The van der Waals surface area contributed by atoms with Crippen molar-refractivity contribution in [2.75, 3.05) is 24.2 Å². The summed E-state index contributed by atoms with van der Waals surface area (Å²) in [7, 11) is 0. The second-order valence-electron chi connectivity index (χ2n) is 5.86. The lowest BCUT2D eigenvalue weighted by Crippen LogP contribution is -2.29. The molecule has 6 nitrogen and oxygen atoms in total. The largest absolute Gasteiger partial charge is 0.321 e. The Balaban J connectivity index is 0.00000225. The van der Waals surface area contributed by atoms with E-state index in [-0.39, 0.29) is 18.3 Å². The molecule has 0 saturated carbocycles. The Kier molecular flexibility index (Phi) is 7.74. The smallest absolute Gasteiger partial charge is 0.277 e. The molecule has 0 radical (unpaired) electrons. The van der Waals surface area contributed by atoms with Crippen LogP contribution in [0.3, 0.4) is 0 Å². The normalized spacial score (nSPS) is 14.8. The summed E-state index contributed by atoms with van der Waals surface area (Å²) in [5, 5.41) is 14.4. The molecule has 1 fully saturated rings. The van der Waals surface area contributed by atoms with Gasteiger partial charge in [-0.3, -0.25) is 4.79 Å². The average Bonchev–Trinajstić information content (AvgIpc) is 3.11. The topological polar surface area (TPSA) is 71.8 Å². The van der Waals surface area contributed by atoms with Gasteiger partial charge in [0.2, 0.25) is 0 Å². The minimum atomic E-state index is -0.213. The summed E-state index contributed by atoms with van der Waals surface area (Å²) in [6, 6.07) is 8.28. The third kappa shape index (κ3) is 5.45. The van der Waals surface area contributed by atoms with Crippen LogP contribution in [0.2, 0.25) is 0 Å². The van der Waals surface area contributed by atoms with Crippen LogP contribution in [0.25, 0.3) is 0 Å². The van der Waals surface area contributed by atoms with E-state index in [0.29, 0.717) is 11.7 Å². The molecule has 0 unspecified atom stereocenters. The van der Waals surface area contributed by atoms with Gasteiger partial charge in [0.1, 0.15) is 0 Å². The second-order valence-corrected chi connectivity index (χ2v) is 7.13. The van der Waals surface area contributed by atoms with E-state index >= 15 is 0 Å². The van der Waals surface area contributed by atoms with Crippen molar-refractivity contribution < 1.29 is 4.79 Å². The van der Waals surface area contributed by atoms with E-state index < -0.39 is 0 Å². The van der Waals surface area contributed by atoms with Gasteiger partial charge in [-0.15, -0.1) is 17.5 Å². The van der Waals surface area contributed by atoms with Crippen LogP contribution in [0.4, 0.5) is 5.69 Å². The van der Waals surface area contributed by atoms with Gasteiger partial charge in [-0.25, -0.2) is 4.68 Å². The first-order valence-electron chi connectivity index (χ1n) is 8.37. The van der Waals surface area contributed by atoms with Crippen LogP contribution in [-0.4, -0.2) is 39.7 Å². The third-order valence-corrected chi connectivity index (χ3v) is 5.03. The molecule has 2 aromatic rings. The van der Waals surface area contributed by atoms with Gasteiger partial charge < -0.3 is 10.6 Å². The minimum Gasteiger partial charge on any atom is -0.321 e. The molecule has 3 rings (SSSR count). The number of hydrogen-bond donors (Lipinski definition) is 2. The maximum atomic E-state index is 12.4. The summed E-state index contributed by atoms with van der Waals surface area (Å²) in [5.74, 6) is 1.82. The molecular weight excluding hydrogens is 358 g/mol. The number of benzene rings is 1. The maximum Gasteiger partial charge on any atom is 0.277 e. The lowest BCUT2D eigenvalue weighted by molar-refractivity contribution is 0.102. The number of amides is 1. The Morgan fingerprint density at radius 2 is 2.20 bits per heavy atom. The molecule has 0 aliphatic carbocycles. The van der Waals surface area contributed by atoms with Crippen molar-refractivity contribution in [3.05, 3.63) is 41.7 Å². The quantitative estimate of drug-likeness (QED) is 0.804. The number of piperidine rings is 1. The van der Waals surface area contributed by atoms with E-state index in [9.17, 15) is 4.79 Å². The molecule has 1 amide bonds. The van der Waals surface area contributed by atoms with Gasteiger partial charge in [0.15, 0.2) is 5.69 Å². The van der Waals surface area contributed by atoms with Crippen LogP contribution in [0, 0.1) is 0 Å². The van der Waals surface area contributed by atoms with Gasteiger partial charge in [-0.2, -0.15) is 11.8 Å². The van der Waals surface area contributed by atoms with Crippen molar-refractivity contribution in [2.45, 2.75) is 31.6 Å². The molecule has 1 aromatic carbocycles. The van der Waals surface area contributed by atoms with Crippen molar-refractivity contribution in [1.82, 2.24) is 20.3 Å². The molecule has 25 heavy (non-hydrogen) atoms. The van der Waals surface area contributed by atoms with E-state index in [4.69, 9.17) is 0 Å². The Morgan fingerprint density at radius 3 is 2.96 bits per heavy atom. The number of nitrogens with zero attached hydrogens (tertiary/aromatic N) is 3. The van der Waals surface area contributed by atoms with Crippen LogP contribution >= 0.6 is 24.2 Å². The molecule has 2 heterocycles. The fourth-order valence-corrected chi connectivity index (χ4v) is 3.40. The zero-order valence-corrected chi connectivity index (χ0v) is 15.9. The van der Waals surface area contributed by atoms with E-state index in [1.807, 2.05) is 34.6 Å². The highest BCUT2D eigenvalue weighted by Crippen LogP contribution is 2.19. The van der Waals surface area contributed by atoms with Crippen molar-refractivity contribution in [3.63, 3.8) is 0 Å². The number of aromatic nitrogens is 3. The van der Waals surface area contributed by atoms with Gasteiger partial charge in [-0.05, 0) is 49.4 Å². The summed E-state index contributed by atoms with van der Waals surface area (Å²) in [5.41, 5.74) is 2.37. The zero-order chi connectivity index (χ0) is 16.8. The number of anilines is 1. The summed E-state index contributed by atoms with van der Waals surface area (Å²) >= 11 is 1.86. The average molecular weight is 382 g/mol. The van der Waals surface area contributed by atoms with Crippen LogP contribution in [0.5, 0.6) is 0 Å². The Morgan fingerprint density at radius 1 is 1.40 bits per heavy atom. The monoisotopic (exact) mass is 381 g/mol. The molecule has 0 atom stereocenters. The molecule has 0 spiro atoms. The van der Waals surface area contributed by atoms with E-state index in [2.05, 4.69) is 33.9 Å². The second kappa shape index (κ2) is 9.79. The molecule has 1 aromatic heterocycles. The fraction of sp³-hybridized carbons (Fsp3) is 0.471. The molecule has 136 valence electrons. The van der Waals surface area contributed by atoms with Crippen molar-refractivity contribution in [2.24, 2.45) is 0 Å². The summed E-state index contributed by atoms with van der Waals surface area (Å²) in [6.45, 7) is 4.10. The molecular formula is C17H24ClN5OS. The number of halogens is 1. The van der Waals surface area contributed by atoms with E-state index in [0.717, 1.165) is 43.1 Å². The number of carbonyl (C=O) groups excluding carboxylic acids is 1. The van der Waals surface area contributed by atoms with Crippen molar-refractivity contribution in [1.29, 1.82) is 0 Å². The highest BCUT2D eigenvalue weighted by molar-refractivity contribution is 7.98. The predicted octanol–water partition coefficient (Wildman–Crippen LogP) is 3.13. The maximum absolute atomic E-state index is 12.4. The van der Waals surface area contributed by atoms with Gasteiger partial charge >= 0.3 is 0 Å². The van der Waals surface area contributed by atoms with E-state index in [1.165, 1.54) is 5.56 Å². The van der Waals surface area contributed by atoms with Gasteiger partial charge in [-0.1, -0.05) is 24.3 Å². The molecule has 1 saturated heterocycles. The minimum absolute atomic E-state index is 0.